The third kappa shape index (κ3) is 4.01. The first-order chi connectivity index (χ1) is 15.8. The van der Waals surface area contributed by atoms with Gasteiger partial charge in [0, 0.05) is 40.8 Å². The monoisotopic (exact) mass is 482 g/mol. The van der Waals surface area contributed by atoms with Crippen LogP contribution in [0.15, 0.2) is 34.3 Å². The summed E-state index contributed by atoms with van der Waals surface area (Å²) in [6, 6.07) is 7.25. The highest BCUT2D eigenvalue weighted by molar-refractivity contribution is 7.99. The number of carboxylic acid groups (broad SMARTS) is 1. The van der Waals surface area contributed by atoms with Gasteiger partial charge in [0.05, 0.1) is 21.5 Å². The molecule has 0 bridgehead atoms. The van der Waals surface area contributed by atoms with Gasteiger partial charge in [0.1, 0.15) is 11.5 Å². The van der Waals surface area contributed by atoms with Crippen molar-refractivity contribution in [3.63, 3.8) is 0 Å². The number of fused-ring (bicyclic) bond motifs is 2. The number of H-pyrrole nitrogens is 1. The normalized spacial score (nSPS) is 16.2. The van der Waals surface area contributed by atoms with E-state index < -0.39 is 5.97 Å². The Morgan fingerprint density at radius 3 is 2.85 bits per heavy atom. The Kier molecular flexibility index (Phi) is 5.64. The van der Waals surface area contributed by atoms with Crippen molar-refractivity contribution in [2.45, 2.75) is 42.8 Å². The van der Waals surface area contributed by atoms with Gasteiger partial charge in [0.25, 0.3) is 0 Å². The maximum absolute atomic E-state index is 11.8. The summed E-state index contributed by atoms with van der Waals surface area (Å²) in [6.45, 7) is 5.34. The number of nitrogens with zero attached hydrogens (tertiary/aromatic N) is 4. The Balaban J connectivity index is 1.60. The minimum atomic E-state index is -0.980. The van der Waals surface area contributed by atoms with Crippen LogP contribution in [0.1, 0.15) is 35.1 Å². The van der Waals surface area contributed by atoms with E-state index in [1.54, 1.807) is 13.0 Å². The van der Waals surface area contributed by atoms with Crippen LogP contribution in [0.25, 0.3) is 21.9 Å². The number of carbonyl (C=O) groups is 1. The number of aryl methyl sites for hydroxylation is 2. The van der Waals surface area contributed by atoms with E-state index in [1.807, 2.05) is 25.1 Å². The number of hydrogen-bond donors (Lipinski definition) is 3. The van der Waals surface area contributed by atoms with Gasteiger partial charge in [-0.05, 0) is 55.8 Å². The van der Waals surface area contributed by atoms with Crippen LogP contribution in [0.2, 0.25) is 5.02 Å². The zero-order valence-corrected chi connectivity index (χ0v) is 19.8. The molecule has 1 fully saturated rings. The van der Waals surface area contributed by atoms with Crippen LogP contribution in [0.3, 0.4) is 0 Å². The molecule has 0 aliphatic carbocycles. The first-order valence-electron chi connectivity index (χ1n) is 10.7. The highest BCUT2D eigenvalue weighted by atomic mass is 35.5. The molecule has 0 spiro atoms. The van der Waals surface area contributed by atoms with E-state index in [1.165, 1.54) is 11.8 Å². The van der Waals surface area contributed by atoms with Crippen LogP contribution in [-0.2, 0) is 6.42 Å². The maximum atomic E-state index is 11.8. The molecule has 4 aromatic rings. The number of carboxylic acids is 1. The molecule has 5 rings (SSSR count). The van der Waals surface area contributed by atoms with Crippen molar-refractivity contribution < 1.29 is 9.90 Å². The molecule has 170 valence electrons. The number of benzene rings is 1. The molecule has 1 saturated heterocycles. The Morgan fingerprint density at radius 1 is 1.33 bits per heavy atom. The maximum Gasteiger partial charge on any atom is 0.336 e. The summed E-state index contributed by atoms with van der Waals surface area (Å²) in [5.41, 5.74) is 9.30. The predicted octanol–water partition coefficient (Wildman–Crippen LogP) is 4.42. The number of pyridine rings is 1. The van der Waals surface area contributed by atoms with Crippen LogP contribution in [0, 0.1) is 6.92 Å². The molecule has 1 aliphatic heterocycles. The summed E-state index contributed by atoms with van der Waals surface area (Å²) in [4.78, 5) is 32.1. The molecule has 1 unspecified atom stereocenters. The first kappa shape index (κ1) is 21.9. The molecule has 0 radical (unpaired) electrons. The molecule has 1 aliphatic rings. The van der Waals surface area contributed by atoms with Gasteiger partial charge in [0.15, 0.2) is 5.16 Å². The highest BCUT2D eigenvalue weighted by Gasteiger charge is 2.26. The number of rotatable bonds is 5. The molecule has 1 aromatic carbocycles. The van der Waals surface area contributed by atoms with Gasteiger partial charge >= 0.3 is 5.97 Å². The van der Waals surface area contributed by atoms with Crippen molar-refractivity contribution in [2.75, 3.05) is 18.0 Å². The van der Waals surface area contributed by atoms with Crippen molar-refractivity contribution in [3.8, 4) is 0 Å². The second-order valence-corrected chi connectivity index (χ2v) is 9.64. The summed E-state index contributed by atoms with van der Waals surface area (Å²) in [7, 11) is 0. The number of halogens is 1. The van der Waals surface area contributed by atoms with E-state index >= 15 is 0 Å². The van der Waals surface area contributed by atoms with Gasteiger partial charge < -0.3 is 20.7 Å². The van der Waals surface area contributed by atoms with E-state index in [4.69, 9.17) is 27.3 Å². The van der Waals surface area contributed by atoms with E-state index in [9.17, 15) is 9.90 Å². The fourth-order valence-electron chi connectivity index (χ4n) is 4.25. The Morgan fingerprint density at radius 2 is 2.15 bits per heavy atom. The summed E-state index contributed by atoms with van der Waals surface area (Å²) in [5.74, 6) is -0.202. The van der Waals surface area contributed by atoms with Crippen molar-refractivity contribution in [1.29, 1.82) is 0 Å². The Hall–Kier alpha value is -2.88. The van der Waals surface area contributed by atoms with Crippen LogP contribution in [0.5, 0.6) is 0 Å². The summed E-state index contributed by atoms with van der Waals surface area (Å²) in [5, 5.41) is 12.2. The van der Waals surface area contributed by atoms with E-state index in [0.717, 1.165) is 41.2 Å². The van der Waals surface area contributed by atoms with Gasteiger partial charge in [-0.2, -0.15) is 0 Å². The van der Waals surface area contributed by atoms with Crippen LogP contribution < -0.4 is 10.6 Å². The molecule has 0 saturated carbocycles. The molecule has 8 nitrogen and oxygen atoms in total. The Bertz CT molecular complexity index is 1410. The average Bonchev–Trinajstić information content (AvgIpc) is 3.35. The quantitative estimate of drug-likeness (QED) is 0.357. The van der Waals surface area contributed by atoms with Gasteiger partial charge in [-0.1, -0.05) is 18.5 Å². The van der Waals surface area contributed by atoms with Crippen LogP contribution in [0.4, 0.5) is 5.82 Å². The molecule has 1 atom stereocenters. The number of aromatic nitrogens is 4. The van der Waals surface area contributed by atoms with Crippen LogP contribution in [-0.4, -0.2) is 50.1 Å². The second-order valence-electron chi connectivity index (χ2n) is 8.22. The fourth-order valence-corrected chi connectivity index (χ4v) is 5.40. The molecule has 33 heavy (non-hydrogen) atoms. The third-order valence-electron chi connectivity index (χ3n) is 5.85. The largest absolute Gasteiger partial charge is 0.478 e. The van der Waals surface area contributed by atoms with Crippen molar-refractivity contribution in [3.05, 3.63) is 46.2 Å². The zero-order chi connectivity index (χ0) is 23.3. The summed E-state index contributed by atoms with van der Waals surface area (Å²) >= 11 is 8.05. The average molecular weight is 483 g/mol. The van der Waals surface area contributed by atoms with Gasteiger partial charge in [0.2, 0.25) is 0 Å². The molecule has 10 heteroatoms. The number of aromatic amines is 1. The van der Waals surface area contributed by atoms with Crippen molar-refractivity contribution >= 4 is 57.1 Å². The minimum absolute atomic E-state index is 0.0976. The number of nitrogens with one attached hydrogen (secondary N) is 1. The van der Waals surface area contributed by atoms with Gasteiger partial charge in [-0.3, -0.25) is 4.98 Å². The first-order valence-corrected chi connectivity index (χ1v) is 11.9. The van der Waals surface area contributed by atoms with Gasteiger partial charge in [-0.25, -0.2) is 14.8 Å². The predicted molar refractivity (Wildman–Crippen MR) is 131 cm³/mol. The van der Waals surface area contributed by atoms with Crippen LogP contribution >= 0.6 is 23.4 Å². The highest BCUT2D eigenvalue weighted by Crippen LogP contribution is 2.38. The molecule has 0 amide bonds. The number of nitrogens with two attached hydrogens (primary N) is 1. The summed E-state index contributed by atoms with van der Waals surface area (Å²) in [6.07, 6.45) is 1.65. The molecule has 4 N–H and O–H groups in total. The zero-order valence-electron chi connectivity index (χ0n) is 18.2. The summed E-state index contributed by atoms with van der Waals surface area (Å²) < 4.78 is 0. The minimum Gasteiger partial charge on any atom is -0.478 e. The van der Waals surface area contributed by atoms with E-state index in [0.29, 0.717) is 39.0 Å². The molecule has 4 heterocycles. The van der Waals surface area contributed by atoms with E-state index in [2.05, 4.69) is 14.9 Å². The number of anilines is 1. The topological polar surface area (TPSA) is 121 Å². The lowest BCUT2D eigenvalue weighted by Crippen LogP contribution is -2.27. The SMILES string of the molecule is CCc1[nH]c2nc(Sc3ccc4nc(C)cc(C(=O)O)c4c3)nc(N3CCC(N)C3)c2c1Cl. The lowest BCUT2D eigenvalue weighted by molar-refractivity contribution is 0.0699. The number of hydrogen-bond acceptors (Lipinski definition) is 7. The van der Waals surface area contributed by atoms with Crippen molar-refractivity contribution in [2.24, 2.45) is 5.73 Å². The second kappa shape index (κ2) is 8.48. The lowest BCUT2D eigenvalue weighted by atomic mass is 10.1. The molecular formula is C23H23ClN6O2S. The van der Waals surface area contributed by atoms with Gasteiger partial charge in [-0.15, -0.1) is 0 Å². The number of aromatic carboxylic acids is 1. The third-order valence-corrected chi connectivity index (χ3v) is 7.12. The lowest BCUT2D eigenvalue weighted by Gasteiger charge is -2.18. The molecular weight excluding hydrogens is 460 g/mol. The van der Waals surface area contributed by atoms with Crippen molar-refractivity contribution in [1.82, 2.24) is 19.9 Å². The van der Waals surface area contributed by atoms with E-state index in [-0.39, 0.29) is 11.6 Å². The standard InChI is InChI=1S/C23H23ClN6O2S/c1-3-16-19(24)18-20(27-16)28-23(29-21(18)30-7-6-12(25)10-30)33-13-4-5-17-14(9-13)15(22(31)32)8-11(2)26-17/h4-5,8-9,12H,3,6-7,10,25H2,1-2H3,(H,31,32)(H,27,28,29). The fraction of sp³-hybridized carbons (Fsp3) is 0.304. The Labute approximate surface area is 199 Å². The smallest absolute Gasteiger partial charge is 0.336 e. The molecule has 3 aromatic heterocycles.